The second kappa shape index (κ2) is 6.37. The molecule has 1 amide bonds. The molecule has 108 valence electrons. The lowest BCUT2D eigenvalue weighted by atomic mass is 9.78. The molecule has 2 aliphatic rings. The number of nitrogens with one attached hydrogen (secondary N) is 1. The number of hydrogen-bond donors (Lipinski definition) is 3. The second-order valence-electron chi connectivity index (χ2n) is 5.82. The molecular formula is C14H23NO4. The van der Waals surface area contributed by atoms with Crippen molar-refractivity contribution < 1.29 is 19.8 Å². The first-order chi connectivity index (χ1) is 9.13. The van der Waals surface area contributed by atoms with Gasteiger partial charge in [-0.3, -0.25) is 9.59 Å². The van der Waals surface area contributed by atoms with E-state index in [9.17, 15) is 19.8 Å². The Labute approximate surface area is 113 Å². The van der Waals surface area contributed by atoms with Crippen molar-refractivity contribution in [3.05, 3.63) is 0 Å². The van der Waals surface area contributed by atoms with Crippen molar-refractivity contribution in [2.75, 3.05) is 6.61 Å². The van der Waals surface area contributed by atoms with Crippen molar-refractivity contribution in [1.82, 2.24) is 5.32 Å². The number of aliphatic hydroxyl groups excluding tert-OH is 1. The number of carboxylic acid groups (broad SMARTS) is 1. The quantitative estimate of drug-likeness (QED) is 0.714. The summed E-state index contributed by atoms with van der Waals surface area (Å²) in [5.74, 6) is -1.79. The van der Waals surface area contributed by atoms with Gasteiger partial charge in [-0.15, -0.1) is 0 Å². The number of amides is 1. The summed E-state index contributed by atoms with van der Waals surface area (Å²) >= 11 is 0. The first kappa shape index (κ1) is 14.3. The predicted octanol–water partition coefficient (Wildman–Crippen LogP) is 1.15. The van der Waals surface area contributed by atoms with Crippen LogP contribution in [-0.4, -0.2) is 34.7 Å². The fourth-order valence-electron chi connectivity index (χ4n) is 3.48. The highest BCUT2D eigenvalue weighted by atomic mass is 16.4. The Kier molecular flexibility index (Phi) is 4.80. The number of carbonyl (C=O) groups is 2. The monoisotopic (exact) mass is 269 g/mol. The highest BCUT2D eigenvalue weighted by molar-refractivity contribution is 5.85. The molecule has 19 heavy (non-hydrogen) atoms. The molecule has 0 spiro atoms. The maximum Gasteiger partial charge on any atom is 0.307 e. The molecule has 5 nitrogen and oxygen atoms in total. The van der Waals surface area contributed by atoms with Crippen LogP contribution in [0.3, 0.4) is 0 Å². The minimum absolute atomic E-state index is 0.0221. The molecule has 2 saturated carbocycles. The fourth-order valence-corrected chi connectivity index (χ4v) is 3.48. The average molecular weight is 269 g/mol. The third kappa shape index (κ3) is 3.26. The zero-order valence-corrected chi connectivity index (χ0v) is 11.2. The van der Waals surface area contributed by atoms with Crippen LogP contribution in [0.25, 0.3) is 0 Å². The summed E-state index contributed by atoms with van der Waals surface area (Å²) in [6.45, 7) is 0.0952. The van der Waals surface area contributed by atoms with Crippen molar-refractivity contribution in [1.29, 1.82) is 0 Å². The molecule has 0 aromatic heterocycles. The van der Waals surface area contributed by atoms with Crippen molar-refractivity contribution in [2.24, 2.45) is 17.8 Å². The van der Waals surface area contributed by atoms with Gasteiger partial charge in [0.1, 0.15) is 0 Å². The molecule has 2 fully saturated rings. The molecule has 4 atom stereocenters. The average Bonchev–Trinajstić information content (AvgIpc) is 2.85. The molecular weight excluding hydrogens is 246 g/mol. The van der Waals surface area contributed by atoms with Crippen LogP contribution in [0.4, 0.5) is 0 Å². The van der Waals surface area contributed by atoms with E-state index in [0.29, 0.717) is 12.8 Å². The van der Waals surface area contributed by atoms with Crippen molar-refractivity contribution >= 4 is 11.9 Å². The van der Waals surface area contributed by atoms with Crippen LogP contribution in [0.1, 0.15) is 44.9 Å². The summed E-state index contributed by atoms with van der Waals surface area (Å²) in [5, 5.41) is 21.4. The smallest absolute Gasteiger partial charge is 0.307 e. The van der Waals surface area contributed by atoms with Crippen LogP contribution in [0, 0.1) is 17.8 Å². The lowest BCUT2D eigenvalue weighted by molar-refractivity contribution is -0.149. The van der Waals surface area contributed by atoms with Gasteiger partial charge in [0, 0.05) is 18.6 Å². The minimum Gasteiger partial charge on any atom is -0.481 e. The molecule has 0 aromatic rings. The van der Waals surface area contributed by atoms with E-state index in [0.717, 1.165) is 32.1 Å². The molecule has 2 rings (SSSR count). The van der Waals surface area contributed by atoms with Gasteiger partial charge in [0.2, 0.25) is 5.91 Å². The van der Waals surface area contributed by atoms with E-state index in [-0.39, 0.29) is 24.5 Å². The Morgan fingerprint density at radius 1 is 1.00 bits per heavy atom. The molecule has 2 aliphatic carbocycles. The van der Waals surface area contributed by atoms with Crippen molar-refractivity contribution in [2.45, 2.75) is 51.0 Å². The Morgan fingerprint density at radius 2 is 1.68 bits per heavy atom. The van der Waals surface area contributed by atoms with E-state index in [4.69, 9.17) is 0 Å². The lowest BCUT2D eigenvalue weighted by Gasteiger charge is -2.29. The zero-order valence-electron chi connectivity index (χ0n) is 11.2. The Balaban J connectivity index is 1.95. The lowest BCUT2D eigenvalue weighted by Crippen LogP contribution is -2.45. The Hall–Kier alpha value is -1.10. The number of hydrogen-bond acceptors (Lipinski definition) is 3. The topological polar surface area (TPSA) is 86.6 Å². The van der Waals surface area contributed by atoms with Crippen molar-refractivity contribution in [3.63, 3.8) is 0 Å². The largest absolute Gasteiger partial charge is 0.481 e. The van der Waals surface area contributed by atoms with Crippen LogP contribution < -0.4 is 5.32 Å². The molecule has 0 heterocycles. The third-order valence-corrected chi connectivity index (χ3v) is 4.64. The number of rotatable bonds is 4. The van der Waals surface area contributed by atoms with Crippen LogP contribution >= 0.6 is 0 Å². The van der Waals surface area contributed by atoms with Gasteiger partial charge in [0.15, 0.2) is 0 Å². The van der Waals surface area contributed by atoms with Gasteiger partial charge in [0.25, 0.3) is 0 Å². The number of aliphatic hydroxyl groups is 1. The van der Waals surface area contributed by atoms with E-state index < -0.39 is 17.8 Å². The van der Waals surface area contributed by atoms with E-state index in [1.165, 1.54) is 0 Å². The van der Waals surface area contributed by atoms with Gasteiger partial charge in [-0.2, -0.15) is 0 Å². The van der Waals surface area contributed by atoms with Gasteiger partial charge < -0.3 is 15.5 Å². The molecule has 0 bridgehead atoms. The summed E-state index contributed by atoms with van der Waals surface area (Å²) in [6, 6.07) is 0.0221. The summed E-state index contributed by atoms with van der Waals surface area (Å²) in [6.07, 6.45) is 5.93. The van der Waals surface area contributed by atoms with Gasteiger partial charge in [0.05, 0.1) is 11.8 Å². The standard InChI is InChI=1S/C14H23NO4/c16-8-9-4-3-7-12(9)15-13(17)10-5-1-2-6-11(10)14(18)19/h9-12,16H,1-8H2,(H,15,17)(H,18,19)/t9?,10-,11+,12?/m1/s1. The van der Waals surface area contributed by atoms with Gasteiger partial charge >= 0.3 is 5.97 Å². The predicted molar refractivity (Wildman–Crippen MR) is 69.4 cm³/mol. The maximum atomic E-state index is 12.3. The van der Waals surface area contributed by atoms with Crippen LogP contribution in [0.2, 0.25) is 0 Å². The maximum absolute atomic E-state index is 12.3. The second-order valence-corrected chi connectivity index (χ2v) is 5.82. The zero-order chi connectivity index (χ0) is 13.8. The normalized spacial score (nSPS) is 35.0. The van der Waals surface area contributed by atoms with E-state index in [2.05, 4.69) is 5.32 Å². The summed E-state index contributed by atoms with van der Waals surface area (Å²) in [4.78, 5) is 23.5. The summed E-state index contributed by atoms with van der Waals surface area (Å²) in [5.41, 5.74) is 0. The van der Waals surface area contributed by atoms with Gasteiger partial charge in [-0.05, 0) is 25.7 Å². The molecule has 3 N–H and O–H groups in total. The highest BCUT2D eigenvalue weighted by Crippen LogP contribution is 2.32. The fraction of sp³-hybridized carbons (Fsp3) is 0.857. The number of carbonyl (C=O) groups excluding carboxylic acids is 1. The summed E-state index contributed by atoms with van der Waals surface area (Å²) in [7, 11) is 0. The van der Waals surface area contributed by atoms with Gasteiger partial charge in [-0.25, -0.2) is 0 Å². The number of carboxylic acids is 1. The molecule has 2 unspecified atom stereocenters. The molecule has 5 heteroatoms. The SMILES string of the molecule is O=C(O)[C@H]1CCCC[C@H]1C(=O)NC1CCCC1CO. The van der Waals surface area contributed by atoms with Crippen LogP contribution in [-0.2, 0) is 9.59 Å². The minimum atomic E-state index is -0.856. The molecule has 0 aliphatic heterocycles. The molecule has 0 aromatic carbocycles. The van der Waals surface area contributed by atoms with E-state index >= 15 is 0 Å². The Bertz CT molecular complexity index is 344. The van der Waals surface area contributed by atoms with Gasteiger partial charge in [-0.1, -0.05) is 19.3 Å². The summed E-state index contributed by atoms with van der Waals surface area (Å²) < 4.78 is 0. The highest BCUT2D eigenvalue weighted by Gasteiger charge is 2.37. The van der Waals surface area contributed by atoms with E-state index in [1.807, 2.05) is 0 Å². The number of aliphatic carboxylic acids is 1. The van der Waals surface area contributed by atoms with Crippen molar-refractivity contribution in [3.8, 4) is 0 Å². The Morgan fingerprint density at radius 3 is 2.32 bits per heavy atom. The van der Waals surface area contributed by atoms with Crippen LogP contribution in [0.5, 0.6) is 0 Å². The molecule has 0 saturated heterocycles. The third-order valence-electron chi connectivity index (χ3n) is 4.64. The van der Waals surface area contributed by atoms with E-state index in [1.54, 1.807) is 0 Å². The first-order valence-corrected chi connectivity index (χ1v) is 7.27. The first-order valence-electron chi connectivity index (χ1n) is 7.27. The van der Waals surface area contributed by atoms with Crippen LogP contribution in [0.15, 0.2) is 0 Å². The molecule has 0 radical (unpaired) electrons.